The summed E-state index contributed by atoms with van der Waals surface area (Å²) in [5.74, 6) is 0.274. The lowest BCUT2D eigenvalue weighted by molar-refractivity contribution is 0.493. The van der Waals surface area contributed by atoms with Crippen molar-refractivity contribution in [3.05, 3.63) is 6.54 Å². The van der Waals surface area contributed by atoms with E-state index in [1.54, 1.807) is 0 Å². The van der Waals surface area contributed by atoms with Crippen LogP contribution in [0.4, 0.5) is 0 Å². The predicted molar refractivity (Wildman–Crippen MR) is 30.6 cm³/mol. The highest BCUT2D eigenvalue weighted by atomic mass is 14.9. The van der Waals surface area contributed by atoms with Gasteiger partial charge in [-0.1, -0.05) is 0 Å². The number of rotatable bonds is 0. The summed E-state index contributed by atoms with van der Waals surface area (Å²) in [6, 6.07) is 2.23. The minimum atomic E-state index is 0.274. The van der Waals surface area contributed by atoms with Crippen molar-refractivity contribution < 1.29 is 0 Å². The van der Waals surface area contributed by atoms with Crippen LogP contribution in [0.1, 0.15) is 12.8 Å². The van der Waals surface area contributed by atoms with Crippen LogP contribution in [-0.4, -0.2) is 6.54 Å². The molecule has 1 aliphatic heterocycles. The highest BCUT2D eigenvalue weighted by molar-refractivity contribution is 4.89. The van der Waals surface area contributed by atoms with Crippen molar-refractivity contribution in [3.8, 4) is 6.07 Å². The number of nitrogens with zero attached hydrogens (tertiary/aromatic N) is 1. The van der Waals surface area contributed by atoms with Crippen molar-refractivity contribution in [1.29, 1.82) is 5.26 Å². The molecule has 43 valence electrons. The molecule has 0 aromatic rings. The first-order chi connectivity index (χ1) is 3.93. The van der Waals surface area contributed by atoms with E-state index in [0.29, 0.717) is 0 Å². The maximum atomic E-state index is 8.39. The average Bonchev–Trinajstić information content (AvgIpc) is 1.90. The summed E-state index contributed by atoms with van der Waals surface area (Å²) in [4.78, 5) is 0. The summed E-state index contributed by atoms with van der Waals surface area (Å²) in [6.07, 6.45) is 1.92. The van der Waals surface area contributed by atoms with E-state index in [1.807, 2.05) is 6.54 Å². The van der Waals surface area contributed by atoms with Crippen LogP contribution in [0.15, 0.2) is 0 Å². The van der Waals surface area contributed by atoms with Gasteiger partial charge in [0.1, 0.15) is 0 Å². The fourth-order valence-corrected chi connectivity index (χ4v) is 0.820. The van der Waals surface area contributed by atoms with E-state index in [0.717, 1.165) is 19.4 Å². The van der Waals surface area contributed by atoms with E-state index in [-0.39, 0.29) is 5.92 Å². The van der Waals surface area contributed by atoms with Gasteiger partial charge in [-0.25, -0.2) is 0 Å². The summed E-state index contributed by atoms with van der Waals surface area (Å²) in [6.45, 7) is 2.94. The molecule has 1 saturated heterocycles. The molecule has 0 aromatic heterocycles. The highest BCUT2D eigenvalue weighted by Gasteiger charge is 2.10. The zero-order valence-corrected chi connectivity index (χ0v) is 4.72. The maximum absolute atomic E-state index is 8.39. The van der Waals surface area contributed by atoms with Gasteiger partial charge in [-0.15, -0.1) is 0 Å². The van der Waals surface area contributed by atoms with Gasteiger partial charge >= 0.3 is 0 Å². The Morgan fingerprint density at radius 2 is 2.62 bits per heavy atom. The molecule has 0 bridgehead atoms. The highest BCUT2D eigenvalue weighted by Crippen LogP contribution is 2.10. The number of piperidine rings is 1. The third-order valence-electron chi connectivity index (χ3n) is 1.37. The van der Waals surface area contributed by atoms with Crippen LogP contribution in [0.5, 0.6) is 0 Å². The minimum Gasteiger partial charge on any atom is -0.312 e. The summed E-state index contributed by atoms with van der Waals surface area (Å²) in [5.41, 5.74) is 0. The van der Waals surface area contributed by atoms with Crippen molar-refractivity contribution >= 4 is 0 Å². The molecule has 2 nitrogen and oxygen atoms in total. The number of hydrogen-bond donors (Lipinski definition) is 1. The van der Waals surface area contributed by atoms with Gasteiger partial charge in [0.05, 0.1) is 6.07 Å². The Kier molecular flexibility index (Phi) is 1.87. The second kappa shape index (κ2) is 2.68. The Balaban J connectivity index is 2.25. The first kappa shape index (κ1) is 5.58. The molecule has 8 heavy (non-hydrogen) atoms. The standard InChI is InChI=1S/C6H9N2/c7-5-6-1-3-8-4-2-6/h3,6,8H,1-2,4H2. The van der Waals surface area contributed by atoms with Gasteiger partial charge in [0.25, 0.3) is 0 Å². The number of nitriles is 1. The normalized spacial score (nSPS) is 22.4. The summed E-state index contributed by atoms with van der Waals surface area (Å²) < 4.78 is 0. The molecule has 1 atom stereocenters. The molecule has 0 saturated carbocycles. The molecule has 1 radical (unpaired) electrons. The second-order valence-corrected chi connectivity index (χ2v) is 2.01. The van der Waals surface area contributed by atoms with Gasteiger partial charge in [0, 0.05) is 12.5 Å². The van der Waals surface area contributed by atoms with Gasteiger partial charge in [0.15, 0.2) is 0 Å². The molecule has 1 heterocycles. The molecule has 1 N–H and O–H groups in total. The summed E-state index contributed by atoms with van der Waals surface area (Å²) in [5, 5.41) is 11.5. The lowest BCUT2D eigenvalue weighted by Crippen LogP contribution is -2.22. The first-order valence-electron chi connectivity index (χ1n) is 2.88. The van der Waals surface area contributed by atoms with Crippen LogP contribution >= 0.6 is 0 Å². The van der Waals surface area contributed by atoms with Gasteiger partial charge in [-0.2, -0.15) is 5.26 Å². The van der Waals surface area contributed by atoms with E-state index < -0.39 is 0 Å². The molecule has 1 aliphatic rings. The quantitative estimate of drug-likeness (QED) is 0.496. The fraction of sp³-hybridized carbons (Fsp3) is 0.667. The number of nitrogens with one attached hydrogen (secondary N) is 1. The van der Waals surface area contributed by atoms with Crippen LogP contribution in [0.25, 0.3) is 0 Å². The fourth-order valence-electron chi connectivity index (χ4n) is 0.820. The van der Waals surface area contributed by atoms with E-state index in [1.165, 1.54) is 0 Å². The lowest BCUT2D eigenvalue weighted by Gasteiger charge is -2.14. The Labute approximate surface area is 49.5 Å². The smallest absolute Gasteiger partial charge is 0.0656 e. The Bertz CT molecular complexity index is 97.6. The molecular formula is C6H9N2. The summed E-state index contributed by atoms with van der Waals surface area (Å²) in [7, 11) is 0. The van der Waals surface area contributed by atoms with Crippen LogP contribution < -0.4 is 5.32 Å². The molecule has 1 fully saturated rings. The number of hydrogen-bond acceptors (Lipinski definition) is 2. The molecule has 0 aromatic carbocycles. The van der Waals surface area contributed by atoms with Crippen LogP contribution in [0.3, 0.4) is 0 Å². The van der Waals surface area contributed by atoms with Crippen molar-refractivity contribution in [2.45, 2.75) is 12.8 Å². The van der Waals surface area contributed by atoms with Gasteiger partial charge in [-0.05, 0) is 19.4 Å². The summed E-state index contributed by atoms with van der Waals surface area (Å²) >= 11 is 0. The molecule has 0 amide bonds. The van der Waals surface area contributed by atoms with E-state index >= 15 is 0 Å². The lowest BCUT2D eigenvalue weighted by atomic mass is 10.0. The van der Waals surface area contributed by atoms with Gasteiger partial charge in [-0.3, -0.25) is 0 Å². The Morgan fingerprint density at radius 1 is 1.75 bits per heavy atom. The molecule has 0 spiro atoms. The zero-order chi connectivity index (χ0) is 5.82. The van der Waals surface area contributed by atoms with Crippen LogP contribution in [-0.2, 0) is 0 Å². The van der Waals surface area contributed by atoms with Gasteiger partial charge in [0.2, 0.25) is 0 Å². The second-order valence-electron chi connectivity index (χ2n) is 2.01. The Morgan fingerprint density at radius 3 is 3.00 bits per heavy atom. The monoisotopic (exact) mass is 109 g/mol. The van der Waals surface area contributed by atoms with Crippen molar-refractivity contribution in [2.75, 3.05) is 6.54 Å². The largest absolute Gasteiger partial charge is 0.312 e. The maximum Gasteiger partial charge on any atom is 0.0656 e. The SMILES string of the molecule is N#CC1C[CH]NCC1. The van der Waals surface area contributed by atoms with Crippen LogP contribution in [0, 0.1) is 23.8 Å². The van der Waals surface area contributed by atoms with Crippen molar-refractivity contribution in [1.82, 2.24) is 5.32 Å². The third-order valence-corrected chi connectivity index (χ3v) is 1.37. The van der Waals surface area contributed by atoms with Crippen molar-refractivity contribution in [2.24, 2.45) is 5.92 Å². The zero-order valence-electron chi connectivity index (χ0n) is 4.72. The Hall–Kier alpha value is -0.550. The van der Waals surface area contributed by atoms with Gasteiger partial charge < -0.3 is 5.32 Å². The minimum absolute atomic E-state index is 0.274. The van der Waals surface area contributed by atoms with Crippen LogP contribution in [0.2, 0.25) is 0 Å². The molecule has 2 heteroatoms. The molecular weight excluding hydrogens is 100 g/mol. The van der Waals surface area contributed by atoms with E-state index in [4.69, 9.17) is 5.26 Å². The first-order valence-corrected chi connectivity index (χ1v) is 2.88. The molecule has 0 aliphatic carbocycles. The molecule has 1 unspecified atom stereocenters. The third kappa shape index (κ3) is 1.21. The van der Waals surface area contributed by atoms with E-state index in [2.05, 4.69) is 11.4 Å². The predicted octanol–water partition coefficient (Wildman–Crippen LogP) is 0.671. The van der Waals surface area contributed by atoms with E-state index in [9.17, 15) is 0 Å². The van der Waals surface area contributed by atoms with Crippen molar-refractivity contribution in [3.63, 3.8) is 0 Å². The topological polar surface area (TPSA) is 35.8 Å². The average molecular weight is 109 g/mol. The molecule has 1 rings (SSSR count).